The van der Waals surface area contributed by atoms with Crippen LogP contribution in [0.25, 0.3) is 0 Å². The van der Waals surface area contributed by atoms with E-state index in [9.17, 15) is 9.59 Å². The van der Waals surface area contributed by atoms with Crippen molar-refractivity contribution in [3.05, 3.63) is 49.9 Å². The number of aromatic carboxylic acids is 1. The Morgan fingerprint density at radius 1 is 1.36 bits per heavy atom. The lowest BCUT2D eigenvalue weighted by molar-refractivity contribution is 0.0697. The van der Waals surface area contributed by atoms with Crippen LogP contribution in [0, 0.1) is 6.92 Å². The van der Waals surface area contributed by atoms with Crippen molar-refractivity contribution >= 4 is 39.1 Å². The molecule has 2 N–H and O–H groups in total. The molecule has 0 spiro atoms. The van der Waals surface area contributed by atoms with Gasteiger partial charge in [-0.25, -0.2) is 9.78 Å². The van der Waals surface area contributed by atoms with Gasteiger partial charge >= 0.3 is 5.97 Å². The molecular weight excluding hydrogens is 368 g/mol. The fourth-order valence-corrected chi connectivity index (χ4v) is 3.38. The summed E-state index contributed by atoms with van der Waals surface area (Å²) in [6.45, 7) is 3.87. The van der Waals surface area contributed by atoms with Crippen molar-refractivity contribution in [2.24, 2.45) is 0 Å². The molecule has 1 amide bonds. The second-order valence-electron chi connectivity index (χ2n) is 4.80. The number of rotatable bonds is 5. The molecule has 0 radical (unpaired) electrons. The summed E-state index contributed by atoms with van der Waals surface area (Å²) in [6, 6.07) is 4.24. The molecule has 2 rings (SSSR count). The third-order valence-corrected chi connectivity index (χ3v) is 4.59. The van der Waals surface area contributed by atoms with E-state index in [1.807, 2.05) is 19.2 Å². The zero-order chi connectivity index (χ0) is 16.3. The van der Waals surface area contributed by atoms with Crippen molar-refractivity contribution in [1.29, 1.82) is 0 Å². The largest absolute Gasteiger partial charge is 0.478 e. The Morgan fingerprint density at radius 3 is 2.59 bits per heavy atom. The van der Waals surface area contributed by atoms with Crippen LogP contribution < -0.4 is 5.32 Å². The zero-order valence-corrected chi connectivity index (χ0v) is 14.5. The molecule has 1 unspecified atom stereocenters. The van der Waals surface area contributed by atoms with Crippen LogP contribution in [0.3, 0.4) is 0 Å². The molecule has 1 aromatic carbocycles. The number of benzene rings is 1. The highest BCUT2D eigenvalue weighted by atomic mass is 79.9. The van der Waals surface area contributed by atoms with Gasteiger partial charge in [0.2, 0.25) is 0 Å². The monoisotopic (exact) mass is 382 g/mol. The number of carboxylic acid groups (broad SMARTS) is 1. The number of carbonyl (C=O) groups excluding carboxylic acids is 1. The van der Waals surface area contributed by atoms with Crippen molar-refractivity contribution in [1.82, 2.24) is 10.3 Å². The lowest BCUT2D eigenvalue weighted by Gasteiger charge is -2.15. The second kappa shape index (κ2) is 7.02. The van der Waals surface area contributed by atoms with Crippen molar-refractivity contribution in [2.45, 2.75) is 26.3 Å². The van der Waals surface area contributed by atoms with Gasteiger partial charge in [0.1, 0.15) is 5.01 Å². The van der Waals surface area contributed by atoms with Crippen LogP contribution in [0.1, 0.15) is 50.8 Å². The Kier molecular flexibility index (Phi) is 5.31. The number of aromatic nitrogens is 1. The highest BCUT2D eigenvalue weighted by molar-refractivity contribution is 9.10. The van der Waals surface area contributed by atoms with E-state index in [0.29, 0.717) is 16.5 Å². The van der Waals surface area contributed by atoms with E-state index in [1.165, 1.54) is 23.5 Å². The van der Waals surface area contributed by atoms with E-state index in [4.69, 9.17) is 5.11 Å². The first kappa shape index (κ1) is 16.6. The zero-order valence-electron chi connectivity index (χ0n) is 12.1. The summed E-state index contributed by atoms with van der Waals surface area (Å²) < 4.78 is 0.552. The quantitative estimate of drug-likeness (QED) is 0.823. The topological polar surface area (TPSA) is 79.3 Å². The third kappa shape index (κ3) is 3.92. The Labute approximate surface area is 140 Å². The average molecular weight is 383 g/mol. The maximum atomic E-state index is 12.4. The van der Waals surface area contributed by atoms with Crippen molar-refractivity contribution in [3.8, 4) is 0 Å². The molecule has 0 aliphatic heterocycles. The maximum Gasteiger partial charge on any atom is 0.335 e. The molecule has 0 fully saturated rings. The fourth-order valence-electron chi connectivity index (χ4n) is 1.96. The van der Waals surface area contributed by atoms with Crippen LogP contribution in [0.2, 0.25) is 0 Å². The summed E-state index contributed by atoms with van der Waals surface area (Å²) in [7, 11) is 0. The Bertz CT molecular complexity index is 715. The summed E-state index contributed by atoms with van der Waals surface area (Å²) in [4.78, 5) is 27.8. The van der Waals surface area contributed by atoms with Gasteiger partial charge < -0.3 is 10.4 Å². The molecule has 7 heteroatoms. The number of thiazole rings is 1. The van der Waals surface area contributed by atoms with Gasteiger partial charge in [-0.15, -0.1) is 11.3 Å². The summed E-state index contributed by atoms with van der Waals surface area (Å²) in [5.74, 6) is -1.39. The average Bonchev–Trinajstić information content (AvgIpc) is 2.90. The molecule has 0 saturated carbocycles. The van der Waals surface area contributed by atoms with E-state index < -0.39 is 5.97 Å². The molecule has 22 heavy (non-hydrogen) atoms. The molecule has 0 aliphatic carbocycles. The Balaban J connectivity index is 2.22. The molecule has 5 nitrogen and oxygen atoms in total. The summed E-state index contributed by atoms with van der Waals surface area (Å²) in [5.41, 5.74) is 1.29. The van der Waals surface area contributed by atoms with E-state index in [1.54, 1.807) is 6.07 Å². The van der Waals surface area contributed by atoms with Gasteiger partial charge in [0.15, 0.2) is 0 Å². The van der Waals surface area contributed by atoms with E-state index in [0.717, 1.165) is 10.7 Å². The molecule has 0 bridgehead atoms. The minimum atomic E-state index is -1.07. The smallest absolute Gasteiger partial charge is 0.335 e. The molecule has 0 aliphatic rings. The molecule has 0 saturated heterocycles. The number of carboxylic acids is 1. The second-order valence-corrected chi connectivity index (χ2v) is 6.60. The lowest BCUT2D eigenvalue weighted by Crippen LogP contribution is -2.28. The SMILES string of the molecule is CCC(NC(=O)c1cc(Br)cc(C(=O)O)c1)c1nc(C)cs1. The van der Waals surface area contributed by atoms with Gasteiger partial charge in [-0.05, 0) is 31.5 Å². The first-order chi connectivity index (χ1) is 10.4. The van der Waals surface area contributed by atoms with Crippen molar-refractivity contribution in [2.75, 3.05) is 0 Å². The molecule has 116 valence electrons. The Morgan fingerprint density at radius 2 is 2.05 bits per heavy atom. The minimum absolute atomic E-state index is 0.0673. The number of amides is 1. The number of nitrogens with zero attached hydrogens (tertiary/aromatic N) is 1. The fraction of sp³-hybridized carbons (Fsp3) is 0.267. The van der Waals surface area contributed by atoms with Gasteiger partial charge in [-0.2, -0.15) is 0 Å². The maximum absolute atomic E-state index is 12.4. The van der Waals surface area contributed by atoms with Crippen LogP contribution in [-0.4, -0.2) is 22.0 Å². The van der Waals surface area contributed by atoms with Gasteiger partial charge in [0.25, 0.3) is 5.91 Å². The number of carbonyl (C=O) groups is 2. The number of halogens is 1. The van der Waals surface area contributed by atoms with E-state index in [-0.39, 0.29) is 17.5 Å². The van der Waals surface area contributed by atoms with E-state index >= 15 is 0 Å². The van der Waals surface area contributed by atoms with E-state index in [2.05, 4.69) is 26.2 Å². The number of hydrogen-bond donors (Lipinski definition) is 2. The number of nitrogens with one attached hydrogen (secondary N) is 1. The third-order valence-electron chi connectivity index (χ3n) is 3.06. The summed E-state index contributed by atoms with van der Waals surface area (Å²) in [5, 5.41) is 14.7. The van der Waals surface area contributed by atoms with Gasteiger partial charge in [-0.3, -0.25) is 4.79 Å². The van der Waals surface area contributed by atoms with Gasteiger partial charge in [-0.1, -0.05) is 22.9 Å². The summed E-state index contributed by atoms with van der Waals surface area (Å²) in [6.07, 6.45) is 0.707. The van der Waals surface area contributed by atoms with Crippen LogP contribution in [-0.2, 0) is 0 Å². The van der Waals surface area contributed by atoms with Crippen LogP contribution in [0.5, 0.6) is 0 Å². The van der Waals surface area contributed by atoms with Gasteiger partial charge in [0.05, 0.1) is 11.6 Å². The minimum Gasteiger partial charge on any atom is -0.478 e. The first-order valence-corrected chi connectivity index (χ1v) is 8.34. The molecule has 1 aromatic heterocycles. The summed E-state index contributed by atoms with van der Waals surface area (Å²) >= 11 is 4.73. The number of hydrogen-bond acceptors (Lipinski definition) is 4. The lowest BCUT2D eigenvalue weighted by atomic mass is 10.1. The van der Waals surface area contributed by atoms with Gasteiger partial charge in [0, 0.05) is 21.1 Å². The number of aryl methyl sites for hydroxylation is 1. The van der Waals surface area contributed by atoms with Crippen LogP contribution in [0.4, 0.5) is 0 Å². The van der Waals surface area contributed by atoms with Crippen molar-refractivity contribution < 1.29 is 14.7 Å². The van der Waals surface area contributed by atoms with Crippen molar-refractivity contribution in [3.63, 3.8) is 0 Å². The normalized spacial score (nSPS) is 12.0. The predicted octanol–water partition coefficient (Wildman–Crippen LogP) is 3.79. The molecule has 2 aromatic rings. The highest BCUT2D eigenvalue weighted by Gasteiger charge is 2.18. The first-order valence-electron chi connectivity index (χ1n) is 6.67. The standard InChI is InChI=1S/C15H15BrN2O3S/c1-3-12(14-17-8(2)7-22-14)18-13(19)9-4-10(15(20)21)6-11(16)5-9/h4-7,12H,3H2,1-2H3,(H,18,19)(H,20,21). The van der Waals surface area contributed by atoms with Crippen LogP contribution >= 0.6 is 27.3 Å². The highest BCUT2D eigenvalue weighted by Crippen LogP contribution is 2.22. The predicted molar refractivity (Wildman–Crippen MR) is 88.5 cm³/mol. The van der Waals surface area contributed by atoms with Crippen LogP contribution in [0.15, 0.2) is 28.1 Å². The molecule has 1 heterocycles. The molecule has 1 atom stereocenters. The Hall–Kier alpha value is -1.73. The molecular formula is C15H15BrN2O3S.